The first-order valence-corrected chi connectivity index (χ1v) is 11.0. The van der Waals surface area contributed by atoms with Crippen molar-refractivity contribution < 1.29 is 4.42 Å². The molecular weight excluding hydrogens is 388 g/mol. The summed E-state index contributed by atoms with van der Waals surface area (Å²) in [5.41, 5.74) is 6.62. The normalized spacial score (nSPS) is 12.0. The van der Waals surface area contributed by atoms with Crippen molar-refractivity contribution in [3.05, 3.63) is 103 Å². The molecule has 0 aliphatic heterocycles. The molecule has 1 heteroatoms. The number of rotatable bonds is 2. The van der Waals surface area contributed by atoms with Gasteiger partial charge in [0.25, 0.3) is 0 Å². The van der Waals surface area contributed by atoms with Crippen LogP contribution in [0.2, 0.25) is 0 Å². The maximum atomic E-state index is 6.18. The quantitative estimate of drug-likeness (QED) is 0.205. The van der Waals surface area contributed by atoms with Crippen LogP contribution in [0.1, 0.15) is 12.5 Å². The minimum atomic E-state index is 0.959. The smallest absolute Gasteiger partial charge is 0.136 e. The molecule has 0 N–H and O–H groups in total. The number of allylic oxidation sites excluding steroid dienone is 1. The lowest BCUT2D eigenvalue weighted by atomic mass is 9.91. The molecule has 0 fully saturated rings. The van der Waals surface area contributed by atoms with Crippen LogP contribution >= 0.6 is 0 Å². The molecule has 0 saturated heterocycles. The molecule has 0 atom stereocenters. The molecule has 1 heterocycles. The zero-order valence-electron chi connectivity index (χ0n) is 17.8. The molecule has 7 aromatic rings. The maximum Gasteiger partial charge on any atom is 0.136 e. The summed E-state index contributed by atoms with van der Waals surface area (Å²) in [5, 5.41) is 10.0. The highest BCUT2D eigenvalue weighted by atomic mass is 16.3. The minimum absolute atomic E-state index is 0.959. The summed E-state index contributed by atoms with van der Waals surface area (Å²) in [4.78, 5) is 0. The van der Waals surface area contributed by atoms with Crippen molar-refractivity contribution in [1.29, 1.82) is 0 Å². The van der Waals surface area contributed by atoms with Crippen LogP contribution < -0.4 is 0 Å². The van der Waals surface area contributed by atoms with Crippen LogP contribution in [-0.2, 0) is 0 Å². The third kappa shape index (κ3) is 2.34. The van der Waals surface area contributed by atoms with Crippen molar-refractivity contribution in [2.45, 2.75) is 6.92 Å². The van der Waals surface area contributed by atoms with Crippen LogP contribution in [0.25, 0.3) is 71.0 Å². The molecule has 7 rings (SSSR count). The molecule has 32 heavy (non-hydrogen) atoms. The lowest BCUT2D eigenvalue weighted by Crippen LogP contribution is -1.85. The lowest BCUT2D eigenvalue weighted by Gasteiger charge is -2.11. The fourth-order valence-corrected chi connectivity index (χ4v) is 5.20. The van der Waals surface area contributed by atoms with Crippen molar-refractivity contribution in [1.82, 2.24) is 0 Å². The van der Waals surface area contributed by atoms with E-state index < -0.39 is 0 Å². The molecule has 0 bridgehead atoms. The second kappa shape index (κ2) is 6.21. The standard InChI is InChI=1S/C31H20O/c1-18(2)19-6-3-7-20(14-19)21-12-13-22-16-26-24-8-4-10-28-30(24)31-25(9-5-11-29(31)32-28)27(26)17-23(22)15-21/h3-17H,1H2,2H3. The van der Waals surface area contributed by atoms with Crippen molar-refractivity contribution in [2.75, 3.05) is 0 Å². The molecule has 0 aliphatic rings. The third-order valence-corrected chi connectivity index (χ3v) is 6.77. The first-order valence-electron chi connectivity index (χ1n) is 11.0. The number of hydrogen-bond donors (Lipinski definition) is 0. The SMILES string of the molecule is C=C(C)c1cccc(-c2ccc3cc4c(cc3c2)c2cccc3oc5cccc4c5c32)c1. The van der Waals surface area contributed by atoms with E-state index in [1.165, 1.54) is 59.8 Å². The van der Waals surface area contributed by atoms with Gasteiger partial charge in [-0.05, 0) is 92.3 Å². The highest BCUT2D eigenvalue weighted by Gasteiger charge is 2.17. The average Bonchev–Trinajstić information content (AvgIpc) is 3.22. The Morgan fingerprint density at radius 3 is 1.91 bits per heavy atom. The molecule has 0 aliphatic carbocycles. The van der Waals surface area contributed by atoms with Crippen LogP contribution in [0.5, 0.6) is 0 Å². The van der Waals surface area contributed by atoms with E-state index in [0.29, 0.717) is 0 Å². The van der Waals surface area contributed by atoms with E-state index in [1.54, 1.807) is 0 Å². The second-order valence-corrected chi connectivity index (χ2v) is 8.78. The van der Waals surface area contributed by atoms with E-state index >= 15 is 0 Å². The van der Waals surface area contributed by atoms with E-state index in [9.17, 15) is 0 Å². The van der Waals surface area contributed by atoms with E-state index in [4.69, 9.17) is 4.42 Å². The van der Waals surface area contributed by atoms with E-state index in [1.807, 2.05) is 0 Å². The Morgan fingerprint density at radius 2 is 1.22 bits per heavy atom. The van der Waals surface area contributed by atoms with Crippen molar-refractivity contribution in [3.8, 4) is 11.1 Å². The zero-order chi connectivity index (χ0) is 21.4. The first kappa shape index (κ1) is 17.6. The largest absolute Gasteiger partial charge is 0.456 e. The summed E-state index contributed by atoms with van der Waals surface area (Å²) >= 11 is 0. The van der Waals surface area contributed by atoms with Gasteiger partial charge < -0.3 is 4.42 Å². The Balaban J connectivity index is 1.57. The van der Waals surface area contributed by atoms with Gasteiger partial charge in [-0.15, -0.1) is 0 Å². The Labute approximate surface area is 185 Å². The second-order valence-electron chi connectivity index (χ2n) is 8.78. The van der Waals surface area contributed by atoms with Gasteiger partial charge in [0.05, 0.1) is 0 Å². The summed E-state index contributed by atoms with van der Waals surface area (Å²) in [6, 6.07) is 32.8. The van der Waals surface area contributed by atoms with Gasteiger partial charge in [0, 0.05) is 10.8 Å². The summed E-state index contributed by atoms with van der Waals surface area (Å²) in [6.07, 6.45) is 0. The zero-order valence-corrected chi connectivity index (χ0v) is 17.8. The molecule has 150 valence electrons. The molecule has 0 radical (unpaired) electrons. The van der Waals surface area contributed by atoms with Crippen molar-refractivity contribution >= 4 is 59.8 Å². The minimum Gasteiger partial charge on any atom is -0.456 e. The number of fused-ring (bicyclic) bond motifs is 4. The Bertz CT molecular complexity index is 1850. The molecule has 0 unspecified atom stereocenters. The average molecular weight is 409 g/mol. The monoisotopic (exact) mass is 408 g/mol. The van der Waals surface area contributed by atoms with Crippen LogP contribution in [0.15, 0.2) is 102 Å². The van der Waals surface area contributed by atoms with Gasteiger partial charge in [-0.2, -0.15) is 0 Å². The van der Waals surface area contributed by atoms with Gasteiger partial charge in [-0.1, -0.05) is 66.7 Å². The fraction of sp³-hybridized carbons (Fsp3) is 0.0323. The lowest BCUT2D eigenvalue weighted by molar-refractivity contribution is 0.669. The molecule has 0 spiro atoms. The van der Waals surface area contributed by atoms with Crippen LogP contribution in [0.4, 0.5) is 0 Å². The molecule has 0 amide bonds. The summed E-state index contributed by atoms with van der Waals surface area (Å²) in [7, 11) is 0. The van der Waals surface area contributed by atoms with Crippen molar-refractivity contribution in [2.24, 2.45) is 0 Å². The summed E-state index contributed by atoms with van der Waals surface area (Å²) in [5.74, 6) is 0. The van der Waals surface area contributed by atoms with Gasteiger partial charge in [0.1, 0.15) is 11.2 Å². The molecule has 6 aromatic carbocycles. The summed E-state index contributed by atoms with van der Waals surface area (Å²) in [6.45, 7) is 6.15. The van der Waals surface area contributed by atoms with Crippen LogP contribution in [0.3, 0.4) is 0 Å². The van der Waals surface area contributed by atoms with Gasteiger partial charge >= 0.3 is 0 Å². The molecule has 1 nitrogen and oxygen atoms in total. The number of benzene rings is 6. The molecule has 1 aromatic heterocycles. The van der Waals surface area contributed by atoms with Gasteiger partial charge in [0.15, 0.2) is 0 Å². The highest BCUT2D eigenvalue weighted by Crippen LogP contribution is 2.43. The predicted octanol–water partition coefficient (Wildman–Crippen LogP) is 9.18. The van der Waals surface area contributed by atoms with Gasteiger partial charge in [-0.25, -0.2) is 0 Å². The topological polar surface area (TPSA) is 13.1 Å². The van der Waals surface area contributed by atoms with E-state index in [-0.39, 0.29) is 0 Å². The van der Waals surface area contributed by atoms with E-state index in [2.05, 4.69) is 104 Å². The van der Waals surface area contributed by atoms with Crippen molar-refractivity contribution in [3.63, 3.8) is 0 Å². The number of hydrogen-bond acceptors (Lipinski definition) is 1. The van der Waals surface area contributed by atoms with E-state index in [0.717, 1.165) is 16.7 Å². The Morgan fingerprint density at radius 1 is 0.594 bits per heavy atom. The number of furan rings is 1. The predicted molar refractivity (Wildman–Crippen MR) is 138 cm³/mol. The first-order chi connectivity index (χ1) is 15.7. The van der Waals surface area contributed by atoms with Crippen LogP contribution in [-0.4, -0.2) is 0 Å². The van der Waals surface area contributed by atoms with Crippen LogP contribution in [0, 0.1) is 0 Å². The molecular formula is C31H20O. The molecule has 0 saturated carbocycles. The third-order valence-electron chi connectivity index (χ3n) is 6.77. The Kier molecular flexibility index (Phi) is 3.41. The van der Waals surface area contributed by atoms with Gasteiger partial charge in [0.2, 0.25) is 0 Å². The van der Waals surface area contributed by atoms with Gasteiger partial charge in [-0.3, -0.25) is 0 Å². The highest BCUT2D eigenvalue weighted by molar-refractivity contribution is 6.34. The summed E-state index contributed by atoms with van der Waals surface area (Å²) < 4.78 is 6.18. The Hall–Kier alpha value is -4.10. The fourth-order valence-electron chi connectivity index (χ4n) is 5.20. The maximum absolute atomic E-state index is 6.18.